The first-order valence-electron chi connectivity index (χ1n) is 6.27. The molecule has 1 N–H and O–H groups in total. The molecular weight excluding hydrogens is 216 g/mol. The van der Waals surface area contributed by atoms with Crippen molar-refractivity contribution in [2.75, 3.05) is 7.05 Å². The summed E-state index contributed by atoms with van der Waals surface area (Å²) in [6.07, 6.45) is 2.09. The molecule has 1 heterocycles. The van der Waals surface area contributed by atoms with Gasteiger partial charge < -0.3 is 10.2 Å². The van der Waals surface area contributed by atoms with E-state index in [4.69, 9.17) is 0 Å². The van der Waals surface area contributed by atoms with Crippen LogP contribution in [0.5, 0.6) is 0 Å². The minimum absolute atomic E-state index is 0.00188. The van der Waals surface area contributed by atoms with Crippen LogP contribution in [0.3, 0.4) is 0 Å². The lowest BCUT2D eigenvalue weighted by molar-refractivity contribution is -0.158. The largest absolute Gasteiger partial charge is 0.342 e. The summed E-state index contributed by atoms with van der Waals surface area (Å²) in [7, 11) is 1.76. The zero-order valence-corrected chi connectivity index (χ0v) is 11.3. The van der Waals surface area contributed by atoms with Crippen molar-refractivity contribution in [2.24, 2.45) is 11.3 Å². The van der Waals surface area contributed by atoms with Gasteiger partial charge in [-0.05, 0) is 31.1 Å². The Morgan fingerprint density at radius 3 is 2.24 bits per heavy atom. The van der Waals surface area contributed by atoms with E-state index in [0.29, 0.717) is 5.92 Å². The van der Waals surface area contributed by atoms with Gasteiger partial charge in [-0.25, -0.2) is 0 Å². The molecule has 4 nitrogen and oxygen atoms in total. The number of rotatable bonds is 1. The SMILES string of the molecule is CN1C(=O)C(C(C)(C)C)NC(=O)C1(C)C1CC1. The van der Waals surface area contributed by atoms with Crippen molar-refractivity contribution in [3.8, 4) is 0 Å². The lowest BCUT2D eigenvalue weighted by atomic mass is 9.80. The fraction of sp³-hybridized carbons (Fsp3) is 0.846. The predicted octanol–water partition coefficient (Wildman–Crippen LogP) is 1.16. The van der Waals surface area contributed by atoms with E-state index in [1.165, 1.54) is 0 Å². The highest BCUT2D eigenvalue weighted by atomic mass is 16.2. The van der Waals surface area contributed by atoms with Crippen LogP contribution in [-0.2, 0) is 9.59 Å². The second kappa shape index (κ2) is 3.47. The second-order valence-corrected chi connectivity index (χ2v) is 6.59. The molecule has 2 aliphatic rings. The first kappa shape index (κ1) is 12.4. The Morgan fingerprint density at radius 1 is 1.29 bits per heavy atom. The smallest absolute Gasteiger partial charge is 0.246 e. The summed E-state index contributed by atoms with van der Waals surface area (Å²) in [5, 5.41) is 2.92. The van der Waals surface area contributed by atoms with E-state index in [1.54, 1.807) is 11.9 Å². The first-order chi connectivity index (χ1) is 7.69. The van der Waals surface area contributed by atoms with Crippen LogP contribution in [0.1, 0.15) is 40.5 Å². The molecule has 0 bridgehead atoms. The molecule has 0 spiro atoms. The van der Waals surface area contributed by atoms with Crippen LogP contribution in [0.2, 0.25) is 0 Å². The van der Waals surface area contributed by atoms with E-state index in [0.717, 1.165) is 12.8 Å². The zero-order chi connectivity index (χ0) is 13.0. The lowest BCUT2D eigenvalue weighted by Crippen LogP contribution is -2.71. The molecule has 2 rings (SSSR count). The van der Waals surface area contributed by atoms with Gasteiger partial charge in [-0.1, -0.05) is 20.8 Å². The van der Waals surface area contributed by atoms with Crippen molar-refractivity contribution in [1.29, 1.82) is 0 Å². The molecule has 0 aromatic rings. The Balaban J connectivity index is 2.30. The Bertz CT molecular complexity index is 368. The van der Waals surface area contributed by atoms with Crippen LogP contribution in [0.15, 0.2) is 0 Å². The van der Waals surface area contributed by atoms with E-state index in [1.807, 2.05) is 27.7 Å². The second-order valence-electron chi connectivity index (χ2n) is 6.59. The van der Waals surface area contributed by atoms with Gasteiger partial charge in [0.2, 0.25) is 11.8 Å². The molecule has 1 saturated heterocycles. The van der Waals surface area contributed by atoms with Gasteiger partial charge in [0, 0.05) is 7.05 Å². The average Bonchev–Trinajstić information content (AvgIpc) is 3.02. The predicted molar refractivity (Wildman–Crippen MR) is 65.3 cm³/mol. The Hall–Kier alpha value is -1.06. The Kier molecular flexibility index (Phi) is 2.53. The molecule has 2 amide bonds. The van der Waals surface area contributed by atoms with Gasteiger partial charge >= 0.3 is 0 Å². The van der Waals surface area contributed by atoms with Gasteiger partial charge in [0.05, 0.1) is 0 Å². The summed E-state index contributed by atoms with van der Waals surface area (Å²) < 4.78 is 0. The lowest BCUT2D eigenvalue weighted by Gasteiger charge is -2.47. The molecule has 2 unspecified atom stereocenters. The molecule has 1 aliphatic heterocycles. The van der Waals surface area contributed by atoms with Crippen molar-refractivity contribution >= 4 is 11.8 Å². The molecular formula is C13H22N2O2. The van der Waals surface area contributed by atoms with Crippen molar-refractivity contribution < 1.29 is 9.59 Å². The summed E-state index contributed by atoms with van der Waals surface area (Å²) in [6, 6.07) is -0.410. The third-order valence-corrected chi connectivity index (χ3v) is 4.25. The molecule has 0 aromatic heterocycles. The summed E-state index contributed by atoms with van der Waals surface area (Å²) in [5.41, 5.74) is -0.884. The number of nitrogens with one attached hydrogen (secondary N) is 1. The zero-order valence-electron chi connectivity index (χ0n) is 11.3. The van der Waals surface area contributed by atoms with Crippen molar-refractivity contribution in [1.82, 2.24) is 10.2 Å². The van der Waals surface area contributed by atoms with E-state index in [-0.39, 0.29) is 17.2 Å². The standard InChI is InChI=1S/C13H22N2O2/c1-12(2,3)9-10(16)15(5)13(4,8-6-7-8)11(17)14-9/h8-9H,6-7H2,1-5H3,(H,14,17). The highest BCUT2D eigenvalue weighted by Gasteiger charge is 2.57. The molecule has 0 radical (unpaired) electrons. The molecule has 17 heavy (non-hydrogen) atoms. The molecule has 2 fully saturated rings. The average molecular weight is 238 g/mol. The monoisotopic (exact) mass is 238 g/mol. The van der Waals surface area contributed by atoms with Crippen LogP contribution in [0, 0.1) is 11.3 Å². The van der Waals surface area contributed by atoms with Crippen molar-refractivity contribution in [3.63, 3.8) is 0 Å². The van der Waals surface area contributed by atoms with E-state index < -0.39 is 11.6 Å². The van der Waals surface area contributed by atoms with Crippen LogP contribution in [0.4, 0.5) is 0 Å². The third-order valence-electron chi connectivity index (χ3n) is 4.25. The highest BCUT2D eigenvalue weighted by Crippen LogP contribution is 2.45. The number of nitrogens with zero attached hydrogens (tertiary/aromatic N) is 1. The van der Waals surface area contributed by atoms with Gasteiger partial charge in [0.25, 0.3) is 0 Å². The quantitative estimate of drug-likeness (QED) is 0.745. The summed E-state index contributed by atoms with van der Waals surface area (Å²) in [5.74, 6) is 0.367. The maximum absolute atomic E-state index is 12.4. The normalized spacial score (nSPS) is 34.9. The maximum atomic E-state index is 12.4. The first-order valence-corrected chi connectivity index (χ1v) is 6.27. The third kappa shape index (κ3) is 1.74. The van der Waals surface area contributed by atoms with Gasteiger partial charge in [-0.15, -0.1) is 0 Å². The Labute approximate surface area is 103 Å². The van der Waals surface area contributed by atoms with E-state index >= 15 is 0 Å². The summed E-state index contributed by atoms with van der Waals surface area (Å²) in [6.45, 7) is 7.81. The topological polar surface area (TPSA) is 49.4 Å². The molecule has 0 aromatic carbocycles. The number of amides is 2. The molecule has 1 saturated carbocycles. The van der Waals surface area contributed by atoms with Crippen LogP contribution < -0.4 is 5.32 Å². The van der Waals surface area contributed by atoms with Crippen molar-refractivity contribution in [3.05, 3.63) is 0 Å². The summed E-state index contributed by atoms with van der Waals surface area (Å²) >= 11 is 0. The van der Waals surface area contributed by atoms with Crippen LogP contribution in [-0.4, -0.2) is 35.3 Å². The minimum atomic E-state index is -0.640. The minimum Gasteiger partial charge on any atom is -0.342 e. The highest BCUT2D eigenvalue weighted by molar-refractivity contribution is 6.00. The molecule has 1 aliphatic carbocycles. The molecule has 4 heteroatoms. The number of piperazine rings is 1. The van der Waals surface area contributed by atoms with Crippen molar-refractivity contribution in [2.45, 2.75) is 52.1 Å². The van der Waals surface area contributed by atoms with E-state index in [2.05, 4.69) is 5.32 Å². The number of carbonyl (C=O) groups is 2. The number of likely N-dealkylation sites (N-methyl/N-ethyl adjacent to an activating group) is 1. The fourth-order valence-electron chi connectivity index (χ4n) is 2.61. The molecule has 96 valence electrons. The van der Waals surface area contributed by atoms with Crippen LogP contribution >= 0.6 is 0 Å². The van der Waals surface area contributed by atoms with E-state index in [9.17, 15) is 9.59 Å². The molecule has 2 atom stereocenters. The van der Waals surface area contributed by atoms with Crippen LogP contribution in [0.25, 0.3) is 0 Å². The number of hydrogen-bond donors (Lipinski definition) is 1. The van der Waals surface area contributed by atoms with Gasteiger partial charge in [0.1, 0.15) is 11.6 Å². The number of hydrogen-bond acceptors (Lipinski definition) is 2. The fourth-order valence-corrected chi connectivity index (χ4v) is 2.61. The Morgan fingerprint density at radius 2 is 1.82 bits per heavy atom. The van der Waals surface area contributed by atoms with Gasteiger partial charge in [-0.2, -0.15) is 0 Å². The number of carbonyl (C=O) groups excluding carboxylic acids is 2. The maximum Gasteiger partial charge on any atom is 0.246 e. The van der Waals surface area contributed by atoms with Gasteiger partial charge in [-0.3, -0.25) is 9.59 Å². The summed E-state index contributed by atoms with van der Waals surface area (Å²) in [4.78, 5) is 26.3. The van der Waals surface area contributed by atoms with Gasteiger partial charge in [0.15, 0.2) is 0 Å².